The second-order valence-electron chi connectivity index (χ2n) is 10.6. The molecule has 8 nitrogen and oxygen atoms in total. The number of ether oxygens (including phenoxy) is 1. The first-order chi connectivity index (χ1) is 21.1. The molecular formula is C32H33F3N6O2S. The molecule has 0 saturated carbocycles. The van der Waals surface area contributed by atoms with Gasteiger partial charge in [-0.05, 0) is 53.8 Å². The second-order valence-corrected chi connectivity index (χ2v) is 11.6. The lowest BCUT2D eigenvalue weighted by molar-refractivity contribution is -0.274. The molecule has 0 spiro atoms. The maximum Gasteiger partial charge on any atom is 0.573 e. The zero-order valence-corrected chi connectivity index (χ0v) is 25.4. The van der Waals surface area contributed by atoms with Crippen LogP contribution in [0.15, 0.2) is 84.1 Å². The molecule has 0 aliphatic carbocycles. The van der Waals surface area contributed by atoms with Crippen molar-refractivity contribution in [1.82, 2.24) is 20.1 Å². The number of aromatic nitrogens is 3. The van der Waals surface area contributed by atoms with Crippen molar-refractivity contribution >= 4 is 28.6 Å². The van der Waals surface area contributed by atoms with Gasteiger partial charge in [-0.2, -0.15) is 4.99 Å². The van der Waals surface area contributed by atoms with Crippen LogP contribution >= 0.6 is 11.8 Å². The first kappa shape index (κ1) is 31.1. The van der Waals surface area contributed by atoms with E-state index in [1.54, 1.807) is 11.8 Å². The van der Waals surface area contributed by atoms with Crippen molar-refractivity contribution in [3.8, 4) is 22.8 Å². The lowest BCUT2D eigenvalue weighted by atomic mass is 9.95. The molecule has 0 radical (unpaired) electrons. The number of aliphatic imine (C=N–C) groups is 1. The van der Waals surface area contributed by atoms with Crippen LogP contribution < -0.4 is 15.0 Å². The number of anilines is 1. The van der Waals surface area contributed by atoms with E-state index in [2.05, 4.69) is 62.9 Å². The maximum atomic E-state index is 12.9. The summed E-state index contributed by atoms with van der Waals surface area (Å²) in [6.07, 6.45) is -2.43. The van der Waals surface area contributed by atoms with Crippen LogP contribution in [0.3, 0.4) is 0 Å². The van der Waals surface area contributed by atoms with Crippen molar-refractivity contribution < 1.29 is 22.7 Å². The quantitative estimate of drug-likeness (QED) is 0.205. The SMILES string of the molecule is CCC(CNC(=O)/N=C1\SCCN1c1ccccc1C(C)C)c1ccc(-c2ncn(-c3ccc(OC(F)(F)F)cc3)n2)cc1. The molecule has 4 aromatic rings. The van der Waals surface area contributed by atoms with Gasteiger partial charge < -0.3 is 15.0 Å². The van der Waals surface area contributed by atoms with Crippen molar-refractivity contribution in [3.05, 3.63) is 90.3 Å². The van der Waals surface area contributed by atoms with E-state index in [1.807, 2.05) is 36.4 Å². The Morgan fingerprint density at radius 1 is 1.07 bits per heavy atom. The van der Waals surface area contributed by atoms with Gasteiger partial charge in [-0.25, -0.2) is 14.5 Å². The molecule has 1 saturated heterocycles. The Kier molecular flexibility index (Phi) is 9.58. The monoisotopic (exact) mass is 622 g/mol. The van der Waals surface area contributed by atoms with Crippen LogP contribution in [0, 0.1) is 0 Å². The smallest absolute Gasteiger partial charge is 0.406 e. The number of amidine groups is 1. The van der Waals surface area contributed by atoms with Gasteiger partial charge in [-0.3, -0.25) is 0 Å². The summed E-state index contributed by atoms with van der Waals surface area (Å²) in [5.74, 6) is 1.49. The highest BCUT2D eigenvalue weighted by Crippen LogP contribution is 2.32. The minimum absolute atomic E-state index is 0.0881. The van der Waals surface area contributed by atoms with Crippen LogP contribution in [0.2, 0.25) is 0 Å². The molecule has 1 atom stereocenters. The summed E-state index contributed by atoms with van der Waals surface area (Å²) in [6.45, 7) is 7.65. The number of hydrogen-bond acceptors (Lipinski definition) is 5. The van der Waals surface area contributed by atoms with Gasteiger partial charge in [0.15, 0.2) is 11.0 Å². The van der Waals surface area contributed by atoms with E-state index in [9.17, 15) is 18.0 Å². The van der Waals surface area contributed by atoms with Crippen molar-refractivity contribution in [2.24, 2.45) is 4.99 Å². The van der Waals surface area contributed by atoms with Gasteiger partial charge >= 0.3 is 12.4 Å². The molecule has 12 heteroatoms. The minimum Gasteiger partial charge on any atom is -0.406 e. The number of para-hydroxylation sites is 1. The number of benzene rings is 3. The molecule has 230 valence electrons. The van der Waals surface area contributed by atoms with Crippen LogP contribution in [0.4, 0.5) is 23.7 Å². The van der Waals surface area contributed by atoms with Crippen molar-refractivity contribution in [2.45, 2.75) is 45.4 Å². The van der Waals surface area contributed by atoms with E-state index >= 15 is 0 Å². The second kappa shape index (κ2) is 13.5. The number of nitrogens with one attached hydrogen (secondary N) is 1. The van der Waals surface area contributed by atoms with Gasteiger partial charge in [0.1, 0.15) is 12.1 Å². The summed E-state index contributed by atoms with van der Waals surface area (Å²) in [7, 11) is 0. The standard InChI is InChI=1S/C32H33F3N6O2S/c1-4-22(19-36-30(42)38-31-40(17-18-44-31)28-8-6-5-7-27(28)21(2)3)23-9-11-24(12-10-23)29-37-20-41(39-29)25-13-15-26(16-14-25)43-32(33,34)35/h5-16,20-22H,4,17-19H2,1-3H3,(H,36,42)/b38-31-. The number of carbonyl (C=O) groups is 1. The predicted octanol–water partition coefficient (Wildman–Crippen LogP) is 7.77. The van der Waals surface area contributed by atoms with Crippen molar-refractivity contribution in [2.75, 3.05) is 23.7 Å². The molecule has 44 heavy (non-hydrogen) atoms. The minimum atomic E-state index is -4.75. The summed E-state index contributed by atoms with van der Waals surface area (Å²) in [4.78, 5) is 23.8. The summed E-state index contributed by atoms with van der Waals surface area (Å²) in [6, 6.07) is 21.1. The van der Waals surface area contributed by atoms with Crippen LogP contribution in [0.1, 0.15) is 50.2 Å². The van der Waals surface area contributed by atoms with Crippen LogP contribution in [-0.2, 0) is 0 Å². The van der Waals surface area contributed by atoms with Gasteiger partial charge in [-0.1, -0.05) is 75.0 Å². The molecule has 3 aromatic carbocycles. The number of amides is 2. The number of carbonyl (C=O) groups excluding carboxylic acids is 1. The molecule has 1 N–H and O–H groups in total. The molecule has 5 rings (SSSR count). The van der Waals surface area contributed by atoms with E-state index in [4.69, 9.17) is 0 Å². The van der Waals surface area contributed by atoms with Crippen molar-refractivity contribution in [3.63, 3.8) is 0 Å². The predicted molar refractivity (Wildman–Crippen MR) is 168 cm³/mol. The number of alkyl halides is 3. The third-order valence-electron chi connectivity index (χ3n) is 7.28. The van der Waals surface area contributed by atoms with Crippen LogP contribution in [0.5, 0.6) is 5.75 Å². The molecule has 1 fully saturated rings. The lowest BCUT2D eigenvalue weighted by Gasteiger charge is -2.23. The Labute approximate surface area is 258 Å². The Hall–Kier alpha value is -4.32. The summed E-state index contributed by atoms with van der Waals surface area (Å²) in [5.41, 5.74) is 4.72. The molecule has 1 aliphatic heterocycles. The number of halogens is 3. The molecule has 1 unspecified atom stereocenters. The fraction of sp³-hybridized carbons (Fsp3) is 0.312. The molecule has 2 amide bonds. The zero-order chi connectivity index (χ0) is 31.3. The highest BCUT2D eigenvalue weighted by molar-refractivity contribution is 8.14. The summed E-state index contributed by atoms with van der Waals surface area (Å²) < 4.78 is 42.7. The third kappa shape index (κ3) is 7.60. The largest absolute Gasteiger partial charge is 0.573 e. The molecule has 2 heterocycles. The number of hydrogen-bond donors (Lipinski definition) is 1. The average Bonchev–Trinajstić information content (AvgIpc) is 3.68. The van der Waals surface area contributed by atoms with E-state index < -0.39 is 6.36 Å². The highest BCUT2D eigenvalue weighted by Gasteiger charge is 2.31. The molecule has 1 aromatic heterocycles. The first-order valence-corrected chi connectivity index (χ1v) is 15.3. The zero-order valence-electron chi connectivity index (χ0n) is 24.6. The van der Waals surface area contributed by atoms with E-state index in [0.717, 1.165) is 35.5 Å². The normalized spacial score (nSPS) is 15.2. The Morgan fingerprint density at radius 2 is 1.80 bits per heavy atom. The summed E-state index contributed by atoms with van der Waals surface area (Å²) >= 11 is 1.59. The Balaban J connectivity index is 1.20. The van der Waals surface area contributed by atoms with Crippen LogP contribution in [-0.4, -0.2) is 51.2 Å². The number of urea groups is 1. The van der Waals surface area contributed by atoms with E-state index in [-0.39, 0.29) is 17.7 Å². The fourth-order valence-corrected chi connectivity index (χ4v) is 5.95. The van der Waals surface area contributed by atoms with Crippen LogP contribution in [0.25, 0.3) is 17.1 Å². The molecule has 1 aliphatic rings. The Bertz CT molecular complexity index is 1600. The number of nitrogens with zero attached hydrogens (tertiary/aromatic N) is 5. The fourth-order valence-electron chi connectivity index (χ4n) is 5.00. The van der Waals surface area contributed by atoms with Gasteiger partial charge in [-0.15, -0.1) is 18.3 Å². The average molecular weight is 623 g/mol. The maximum absolute atomic E-state index is 12.9. The van der Waals surface area contributed by atoms with E-state index in [0.29, 0.717) is 29.1 Å². The third-order valence-corrected chi connectivity index (χ3v) is 8.24. The summed E-state index contributed by atoms with van der Waals surface area (Å²) in [5, 5.41) is 8.17. The highest BCUT2D eigenvalue weighted by atomic mass is 32.2. The molecular weight excluding hydrogens is 589 g/mol. The number of thioether (sulfide) groups is 1. The van der Waals surface area contributed by atoms with E-state index in [1.165, 1.54) is 40.8 Å². The lowest BCUT2D eigenvalue weighted by Crippen LogP contribution is -2.30. The van der Waals surface area contributed by atoms with Gasteiger partial charge in [0.2, 0.25) is 0 Å². The Morgan fingerprint density at radius 3 is 2.48 bits per heavy atom. The van der Waals surface area contributed by atoms with Gasteiger partial charge in [0, 0.05) is 36.0 Å². The number of rotatable bonds is 9. The van der Waals surface area contributed by atoms with Gasteiger partial charge in [0.25, 0.3) is 0 Å². The van der Waals surface area contributed by atoms with Crippen molar-refractivity contribution in [1.29, 1.82) is 0 Å². The first-order valence-electron chi connectivity index (χ1n) is 14.3. The topological polar surface area (TPSA) is 84.6 Å². The molecule has 0 bridgehead atoms. The van der Waals surface area contributed by atoms with Gasteiger partial charge in [0.05, 0.1) is 5.69 Å².